The second kappa shape index (κ2) is 3.83. The lowest BCUT2D eigenvalue weighted by Gasteiger charge is -2.08. The summed E-state index contributed by atoms with van der Waals surface area (Å²) in [4.78, 5) is 3.08. The SMILES string of the molecule is Cc1cn(-c2c(C)cccc2Cl)c(=S)[nH]1. The van der Waals surface area contributed by atoms with Crippen LogP contribution >= 0.6 is 23.8 Å². The summed E-state index contributed by atoms with van der Waals surface area (Å²) in [6, 6.07) is 5.82. The maximum Gasteiger partial charge on any atom is 0.182 e. The number of aromatic nitrogens is 2. The van der Waals surface area contributed by atoms with E-state index in [0.29, 0.717) is 9.79 Å². The lowest BCUT2D eigenvalue weighted by molar-refractivity contribution is 1.02. The topological polar surface area (TPSA) is 20.7 Å². The van der Waals surface area contributed by atoms with Crippen molar-refractivity contribution in [2.75, 3.05) is 0 Å². The molecule has 0 aliphatic carbocycles. The van der Waals surface area contributed by atoms with Crippen LogP contribution in [0.3, 0.4) is 0 Å². The fourth-order valence-electron chi connectivity index (χ4n) is 1.61. The van der Waals surface area contributed by atoms with Gasteiger partial charge in [-0.25, -0.2) is 0 Å². The maximum atomic E-state index is 6.16. The Morgan fingerprint density at radius 2 is 2.07 bits per heavy atom. The summed E-state index contributed by atoms with van der Waals surface area (Å²) in [7, 11) is 0. The second-order valence-corrected chi connectivity index (χ2v) is 4.31. The van der Waals surface area contributed by atoms with Crippen LogP contribution in [0.5, 0.6) is 0 Å². The van der Waals surface area contributed by atoms with Crippen molar-refractivity contribution in [2.45, 2.75) is 13.8 Å². The second-order valence-electron chi connectivity index (χ2n) is 3.52. The summed E-state index contributed by atoms with van der Waals surface area (Å²) < 4.78 is 2.58. The van der Waals surface area contributed by atoms with Crippen molar-refractivity contribution in [2.24, 2.45) is 0 Å². The summed E-state index contributed by atoms with van der Waals surface area (Å²) in [6.45, 7) is 3.99. The molecule has 0 aliphatic rings. The zero-order valence-electron chi connectivity index (χ0n) is 8.54. The van der Waals surface area contributed by atoms with Gasteiger partial charge in [-0.1, -0.05) is 23.7 Å². The molecular formula is C11H11ClN2S. The van der Waals surface area contributed by atoms with E-state index in [1.807, 2.05) is 42.8 Å². The molecule has 0 radical (unpaired) electrons. The Hall–Kier alpha value is -1.06. The number of hydrogen-bond acceptors (Lipinski definition) is 1. The Labute approximate surface area is 98.5 Å². The van der Waals surface area contributed by atoms with E-state index < -0.39 is 0 Å². The van der Waals surface area contributed by atoms with Gasteiger partial charge in [0.25, 0.3) is 0 Å². The van der Waals surface area contributed by atoms with Crippen molar-refractivity contribution in [3.63, 3.8) is 0 Å². The predicted octanol–water partition coefficient (Wildman–Crippen LogP) is 3.81. The number of rotatable bonds is 1. The third-order valence-corrected chi connectivity index (χ3v) is 2.88. The molecule has 2 rings (SSSR count). The summed E-state index contributed by atoms with van der Waals surface area (Å²) in [5.74, 6) is 0. The number of H-pyrrole nitrogens is 1. The van der Waals surface area contributed by atoms with E-state index in [1.54, 1.807) is 0 Å². The minimum atomic E-state index is 0.670. The van der Waals surface area contributed by atoms with Crippen LogP contribution in [0, 0.1) is 18.6 Å². The first-order valence-electron chi connectivity index (χ1n) is 4.63. The Bertz CT molecular complexity index is 534. The number of benzene rings is 1. The Balaban J connectivity index is 2.74. The largest absolute Gasteiger partial charge is 0.335 e. The third-order valence-electron chi connectivity index (χ3n) is 2.28. The molecule has 1 aromatic carbocycles. The minimum Gasteiger partial charge on any atom is -0.335 e. The quantitative estimate of drug-likeness (QED) is 0.750. The van der Waals surface area contributed by atoms with Crippen molar-refractivity contribution in [1.82, 2.24) is 9.55 Å². The van der Waals surface area contributed by atoms with Crippen LogP contribution in [0.4, 0.5) is 0 Å². The van der Waals surface area contributed by atoms with E-state index in [0.717, 1.165) is 16.9 Å². The Morgan fingerprint density at radius 3 is 2.60 bits per heavy atom. The molecule has 15 heavy (non-hydrogen) atoms. The van der Waals surface area contributed by atoms with E-state index in [1.165, 1.54) is 0 Å². The van der Waals surface area contributed by atoms with Gasteiger partial charge in [-0.2, -0.15) is 0 Å². The van der Waals surface area contributed by atoms with Gasteiger partial charge in [-0.15, -0.1) is 0 Å². The van der Waals surface area contributed by atoms with E-state index in [9.17, 15) is 0 Å². The number of para-hydroxylation sites is 1. The van der Waals surface area contributed by atoms with Gasteiger partial charge in [0, 0.05) is 11.9 Å². The maximum absolute atomic E-state index is 6.16. The molecule has 2 aromatic rings. The zero-order chi connectivity index (χ0) is 11.0. The molecule has 4 heteroatoms. The first-order valence-corrected chi connectivity index (χ1v) is 5.42. The highest BCUT2D eigenvalue weighted by Gasteiger charge is 2.07. The molecule has 78 valence electrons. The summed E-state index contributed by atoms with van der Waals surface area (Å²) in [5.41, 5.74) is 3.09. The minimum absolute atomic E-state index is 0.670. The fraction of sp³-hybridized carbons (Fsp3) is 0.182. The van der Waals surface area contributed by atoms with Crippen LogP contribution in [-0.4, -0.2) is 9.55 Å². The van der Waals surface area contributed by atoms with Gasteiger partial charge in [-0.05, 0) is 37.7 Å². The standard InChI is InChI=1S/C11H11ClN2S/c1-7-4-3-5-9(12)10(7)14-6-8(2)13-11(14)15/h3-6H,1-2H3,(H,13,15). The van der Waals surface area contributed by atoms with E-state index >= 15 is 0 Å². The molecule has 1 N–H and O–H groups in total. The predicted molar refractivity (Wildman–Crippen MR) is 65.4 cm³/mol. The molecule has 0 spiro atoms. The molecule has 1 heterocycles. The van der Waals surface area contributed by atoms with Gasteiger partial charge in [0.05, 0.1) is 10.7 Å². The number of hydrogen-bond donors (Lipinski definition) is 1. The van der Waals surface area contributed by atoms with Crippen molar-refractivity contribution in [1.29, 1.82) is 0 Å². The van der Waals surface area contributed by atoms with Crippen LogP contribution in [0.2, 0.25) is 5.02 Å². The summed E-state index contributed by atoms with van der Waals surface area (Å²) in [5, 5.41) is 0.713. The highest BCUT2D eigenvalue weighted by Crippen LogP contribution is 2.24. The van der Waals surface area contributed by atoms with Crippen molar-refractivity contribution >= 4 is 23.8 Å². The van der Waals surface area contributed by atoms with Gasteiger partial charge in [0.1, 0.15) is 0 Å². The van der Waals surface area contributed by atoms with E-state index in [-0.39, 0.29) is 0 Å². The van der Waals surface area contributed by atoms with Crippen LogP contribution in [0.25, 0.3) is 5.69 Å². The van der Waals surface area contributed by atoms with E-state index in [2.05, 4.69) is 4.98 Å². The Morgan fingerprint density at radius 1 is 1.33 bits per heavy atom. The van der Waals surface area contributed by atoms with Gasteiger partial charge in [0.15, 0.2) is 4.77 Å². The van der Waals surface area contributed by atoms with E-state index in [4.69, 9.17) is 23.8 Å². The van der Waals surface area contributed by atoms with Gasteiger partial charge >= 0.3 is 0 Å². The fourth-order valence-corrected chi connectivity index (χ4v) is 2.23. The average molecular weight is 239 g/mol. The van der Waals surface area contributed by atoms with Crippen LogP contribution in [0.15, 0.2) is 24.4 Å². The molecule has 1 aromatic heterocycles. The van der Waals surface area contributed by atoms with Gasteiger partial charge in [-0.3, -0.25) is 4.57 Å². The lowest BCUT2D eigenvalue weighted by atomic mass is 10.2. The molecule has 0 unspecified atom stereocenters. The smallest absolute Gasteiger partial charge is 0.182 e. The molecule has 0 fully saturated rings. The highest BCUT2D eigenvalue weighted by atomic mass is 35.5. The van der Waals surface area contributed by atoms with Crippen molar-refractivity contribution in [3.8, 4) is 5.69 Å². The van der Waals surface area contributed by atoms with Crippen molar-refractivity contribution in [3.05, 3.63) is 45.4 Å². The van der Waals surface area contributed by atoms with Crippen molar-refractivity contribution < 1.29 is 0 Å². The summed E-state index contributed by atoms with van der Waals surface area (Å²) >= 11 is 11.4. The number of imidazole rings is 1. The molecule has 0 saturated carbocycles. The van der Waals surface area contributed by atoms with Crippen LogP contribution in [0.1, 0.15) is 11.3 Å². The number of aromatic amines is 1. The molecule has 2 nitrogen and oxygen atoms in total. The molecule has 0 saturated heterocycles. The molecule has 0 aliphatic heterocycles. The number of nitrogens with one attached hydrogen (secondary N) is 1. The van der Waals surface area contributed by atoms with Gasteiger partial charge in [0.2, 0.25) is 0 Å². The summed E-state index contributed by atoms with van der Waals surface area (Å²) in [6.07, 6.45) is 1.95. The monoisotopic (exact) mass is 238 g/mol. The van der Waals surface area contributed by atoms with Gasteiger partial charge < -0.3 is 4.98 Å². The third kappa shape index (κ3) is 1.85. The van der Waals surface area contributed by atoms with Crippen LogP contribution in [-0.2, 0) is 0 Å². The first kappa shape index (κ1) is 10.5. The molecule has 0 amide bonds. The zero-order valence-corrected chi connectivity index (χ0v) is 10.1. The van der Waals surface area contributed by atoms with Crippen LogP contribution < -0.4 is 0 Å². The number of nitrogens with zero attached hydrogens (tertiary/aromatic N) is 1. The normalized spacial score (nSPS) is 10.6. The lowest BCUT2D eigenvalue weighted by Crippen LogP contribution is -1.96. The molecular weight excluding hydrogens is 228 g/mol. The highest BCUT2D eigenvalue weighted by molar-refractivity contribution is 7.71. The average Bonchev–Trinajstić information content (AvgIpc) is 2.45. The first-order chi connectivity index (χ1) is 7.09. The number of aryl methyl sites for hydroxylation is 2. The Kier molecular flexibility index (Phi) is 2.67. The number of halogens is 1. The molecule has 0 bridgehead atoms. The molecule has 0 atom stereocenters.